The zero-order chi connectivity index (χ0) is 15.9. The molecule has 1 aromatic rings. The van der Waals surface area contributed by atoms with Gasteiger partial charge in [0, 0.05) is 45.5 Å². The van der Waals surface area contributed by atoms with Gasteiger partial charge in [-0.2, -0.15) is 0 Å². The Balaban J connectivity index is 0.00000441. The summed E-state index contributed by atoms with van der Waals surface area (Å²) in [5, 5.41) is 7.42. The lowest BCUT2D eigenvalue weighted by Gasteiger charge is -2.18. The first-order chi connectivity index (χ1) is 9.82. The van der Waals surface area contributed by atoms with Crippen molar-refractivity contribution in [3.8, 4) is 0 Å². The lowest BCUT2D eigenvalue weighted by molar-refractivity contribution is 0.647. The number of thiazole rings is 1. The predicted molar refractivity (Wildman–Crippen MR) is 108 cm³/mol. The van der Waals surface area contributed by atoms with Crippen LogP contribution in [0.1, 0.15) is 37.6 Å². The van der Waals surface area contributed by atoms with E-state index in [1.807, 2.05) is 40.8 Å². The lowest BCUT2D eigenvalue weighted by atomic mass is 10.3. The number of hydrogen-bond donors (Lipinski definition) is 2. The molecule has 22 heavy (non-hydrogen) atoms. The molecule has 0 fully saturated rings. The van der Waals surface area contributed by atoms with Crippen molar-refractivity contribution < 1.29 is 4.21 Å². The van der Waals surface area contributed by atoms with Crippen LogP contribution in [0.3, 0.4) is 0 Å². The van der Waals surface area contributed by atoms with Crippen LogP contribution in [-0.2, 0) is 17.3 Å². The topological polar surface area (TPSA) is 66.4 Å². The quantitative estimate of drug-likeness (QED) is 0.391. The molecule has 2 N–H and O–H groups in total. The summed E-state index contributed by atoms with van der Waals surface area (Å²) < 4.78 is 11.8. The van der Waals surface area contributed by atoms with Crippen LogP contribution in [-0.4, -0.2) is 38.7 Å². The summed E-state index contributed by atoms with van der Waals surface area (Å²) in [6, 6.07) is 0. The zero-order valence-corrected chi connectivity index (χ0v) is 17.9. The Kier molecular flexibility index (Phi) is 10.4. The van der Waals surface area contributed by atoms with Crippen LogP contribution in [0.2, 0.25) is 0 Å². The number of nitrogens with zero attached hydrogens (tertiary/aromatic N) is 2. The number of aryl methyl sites for hydroxylation is 1. The van der Waals surface area contributed by atoms with Crippen molar-refractivity contribution in [2.75, 3.05) is 18.8 Å². The molecule has 0 aromatic carbocycles. The van der Waals surface area contributed by atoms with Gasteiger partial charge >= 0.3 is 0 Å². The molecule has 0 bridgehead atoms. The average Bonchev–Trinajstić information content (AvgIpc) is 2.80. The third kappa shape index (κ3) is 8.42. The molecule has 1 unspecified atom stereocenters. The highest BCUT2D eigenvalue weighted by molar-refractivity contribution is 14.0. The van der Waals surface area contributed by atoms with Gasteiger partial charge in [0.25, 0.3) is 0 Å². The molecular formula is C14H27IN4OS2. The standard InChI is InChI=1S/C14H26N4OS2.HI/c1-6-15-13(16-7-8-21(19)14(3,4)5)18-10-12-17-9-11(2)20-12;/h9H,6-8,10H2,1-5H3,(H2,15,16,18);1H. The van der Waals surface area contributed by atoms with E-state index in [-0.39, 0.29) is 28.7 Å². The summed E-state index contributed by atoms with van der Waals surface area (Å²) in [6.45, 7) is 12.1. The molecule has 0 amide bonds. The Morgan fingerprint density at radius 2 is 2.09 bits per heavy atom. The SMILES string of the molecule is CCNC(=NCc1ncc(C)s1)NCCS(=O)C(C)(C)C.I. The molecule has 0 spiro atoms. The van der Waals surface area contributed by atoms with E-state index in [0.717, 1.165) is 17.5 Å². The molecule has 1 heterocycles. The van der Waals surface area contributed by atoms with Crippen LogP contribution in [0.4, 0.5) is 0 Å². The molecule has 1 aromatic heterocycles. The monoisotopic (exact) mass is 458 g/mol. The second kappa shape index (κ2) is 10.5. The predicted octanol–water partition coefficient (Wildman–Crippen LogP) is 2.67. The molecule has 1 rings (SSSR count). The molecule has 5 nitrogen and oxygen atoms in total. The van der Waals surface area contributed by atoms with Crippen LogP contribution >= 0.6 is 35.3 Å². The number of hydrogen-bond acceptors (Lipinski definition) is 4. The van der Waals surface area contributed by atoms with E-state index < -0.39 is 10.8 Å². The normalized spacial score (nSPS) is 13.4. The van der Waals surface area contributed by atoms with Crippen LogP contribution < -0.4 is 10.6 Å². The van der Waals surface area contributed by atoms with Gasteiger partial charge in [-0.05, 0) is 34.6 Å². The van der Waals surface area contributed by atoms with E-state index in [1.54, 1.807) is 11.3 Å². The first kappa shape index (κ1) is 21.8. The Bertz CT molecular complexity index is 497. The smallest absolute Gasteiger partial charge is 0.191 e. The molecule has 0 aliphatic heterocycles. The summed E-state index contributed by atoms with van der Waals surface area (Å²) in [7, 11) is -0.850. The molecule has 0 saturated carbocycles. The van der Waals surface area contributed by atoms with Gasteiger partial charge < -0.3 is 10.6 Å². The fourth-order valence-corrected chi connectivity index (χ4v) is 3.14. The van der Waals surface area contributed by atoms with Gasteiger partial charge in [-0.1, -0.05) is 0 Å². The van der Waals surface area contributed by atoms with Gasteiger partial charge in [0.1, 0.15) is 5.01 Å². The Morgan fingerprint density at radius 3 is 2.59 bits per heavy atom. The van der Waals surface area contributed by atoms with Gasteiger partial charge in [-0.25, -0.2) is 9.98 Å². The van der Waals surface area contributed by atoms with Gasteiger partial charge in [0.2, 0.25) is 0 Å². The molecule has 128 valence electrons. The molecule has 0 aliphatic rings. The summed E-state index contributed by atoms with van der Waals surface area (Å²) >= 11 is 1.66. The third-order valence-electron chi connectivity index (χ3n) is 2.65. The second-order valence-corrected chi connectivity index (χ2v) is 9.29. The number of aliphatic imine (C=N–C) groups is 1. The fourth-order valence-electron chi connectivity index (χ4n) is 1.53. The Hall–Kier alpha value is -0.220. The van der Waals surface area contributed by atoms with E-state index in [0.29, 0.717) is 18.8 Å². The summed E-state index contributed by atoms with van der Waals surface area (Å²) in [5.74, 6) is 1.36. The summed E-state index contributed by atoms with van der Waals surface area (Å²) in [4.78, 5) is 9.99. The van der Waals surface area contributed by atoms with Crippen LogP contribution in [0.25, 0.3) is 0 Å². The van der Waals surface area contributed by atoms with E-state index in [1.165, 1.54) is 4.88 Å². The highest BCUT2D eigenvalue weighted by atomic mass is 127. The second-order valence-electron chi connectivity index (χ2n) is 5.65. The summed E-state index contributed by atoms with van der Waals surface area (Å²) in [6.07, 6.45) is 1.86. The van der Waals surface area contributed by atoms with Crippen molar-refractivity contribution >= 4 is 52.1 Å². The zero-order valence-electron chi connectivity index (χ0n) is 13.9. The first-order valence-electron chi connectivity index (χ1n) is 7.15. The number of guanidine groups is 1. The molecule has 0 aliphatic carbocycles. The van der Waals surface area contributed by atoms with Crippen LogP contribution in [0.15, 0.2) is 11.2 Å². The maximum absolute atomic E-state index is 12.0. The van der Waals surface area contributed by atoms with Crippen LogP contribution in [0.5, 0.6) is 0 Å². The number of nitrogens with one attached hydrogen (secondary N) is 2. The molecular weight excluding hydrogens is 431 g/mol. The Labute approximate surface area is 157 Å². The van der Waals surface area contributed by atoms with Gasteiger partial charge in [0.05, 0.1) is 6.54 Å². The molecule has 1 atom stereocenters. The lowest BCUT2D eigenvalue weighted by Crippen LogP contribution is -2.40. The van der Waals surface area contributed by atoms with Crippen molar-refractivity contribution in [3.05, 3.63) is 16.1 Å². The minimum absolute atomic E-state index is 0. The van der Waals surface area contributed by atoms with Crippen molar-refractivity contribution in [2.24, 2.45) is 4.99 Å². The number of halogens is 1. The highest BCUT2D eigenvalue weighted by Crippen LogP contribution is 2.12. The van der Waals surface area contributed by atoms with E-state index in [4.69, 9.17) is 0 Å². The van der Waals surface area contributed by atoms with Crippen molar-refractivity contribution in [2.45, 2.75) is 45.9 Å². The first-order valence-corrected chi connectivity index (χ1v) is 9.28. The van der Waals surface area contributed by atoms with Gasteiger partial charge in [-0.3, -0.25) is 4.21 Å². The van der Waals surface area contributed by atoms with Crippen molar-refractivity contribution in [1.82, 2.24) is 15.6 Å². The summed E-state index contributed by atoms with van der Waals surface area (Å²) in [5.41, 5.74) is 0. The largest absolute Gasteiger partial charge is 0.357 e. The average molecular weight is 458 g/mol. The minimum Gasteiger partial charge on any atom is -0.357 e. The van der Waals surface area contributed by atoms with Crippen molar-refractivity contribution in [1.29, 1.82) is 0 Å². The maximum Gasteiger partial charge on any atom is 0.191 e. The maximum atomic E-state index is 12.0. The number of rotatable bonds is 6. The van der Waals surface area contributed by atoms with Crippen LogP contribution in [0, 0.1) is 6.92 Å². The molecule has 8 heteroatoms. The van der Waals surface area contributed by atoms with Gasteiger partial charge in [-0.15, -0.1) is 35.3 Å². The molecule has 0 saturated heterocycles. The van der Waals surface area contributed by atoms with Crippen molar-refractivity contribution in [3.63, 3.8) is 0 Å². The fraction of sp³-hybridized carbons (Fsp3) is 0.714. The van der Waals surface area contributed by atoms with E-state index >= 15 is 0 Å². The third-order valence-corrected chi connectivity index (χ3v) is 5.49. The number of aromatic nitrogens is 1. The van der Waals surface area contributed by atoms with E-state index in [2.05, 4.69) is 20.6 Å². The Morgan fingerprint density at radius 1 is 1.41 bits per heavy atom. The van der Waals surface area contributed by atoms with E-state index in [9.17, 15) is 4.21 Å². The minimum atomic E-state index is -0.850. The van der Waals surface area contributed by atoms with Gasteiger partial charge in [0.15, 0.2) is 5.96 Å². The molecule has 0 radical (unpaired) electrons. The highest BCUT2D eigenvalue weighted by Gasteiger charge is 2.18.